The second-order valence-electron chi connectivity index (χ2n) is 6.54. The monoisotopic (exact) mass is 383 g/mol. The van der Waals surface area contributed by atoms with Crippen molar-refractivity contribution in [3.63, 3.8) is 0 Å². The maximum Gasteiger partial charge on any atom is 0.262 e. The molecule has 0 saturated carbocycles. The molecule has 0 radical (unpaired) electrons. The molecule has 5 rings (SSSR count). The summed E-state index contributed by atoms with van der Waals surface area (Å²) in [6, 6.07) is 3.74. The van der Waals surface area contributed by atoms with Gasteiger partial charge in [0.2, 0.25) is 0 Å². The van der Waals surface area contributed by atoms with Crippen LogP contribution < -0.4 is 5.56 Å². The molecule has 0 spiro atoms. The number of rotatable bonds is 3. The van der Waals surface area contributed by atoms with Crippen molar-refractivity contribution >= 4 is 32.9 Å². The van der Waals surface area contributed by atoms with Crippen LogP contribution in [0.2, 0.25) is 0 Å². The lowest BCUT2D eigenvalue weighted by Crippen LogP contribution is -2.21. The standard InChI is InChI=1S/C19H17N3O2S2/c23-19-16-13-5-2-1-3-7-15(13)26-18(16)20-11-22(19)9-12-10-25-17(21-12)14-6-4-8-24-14/h4,6,8,10-11H,1-3,5,7,9H2. The summed E-state index contributed by atoms with van der Waals surface area (Å²) in [5, 5.41) is 3.63. The van der Waals surface area contributed by atoms with Crippen molar-refractivity contribution in [2.75, 3.05) is 0 Å². The highest BCUT2D eigenvalue weighted by atomic mass is 32.1. The molecule has 1 aliphatic rings. The van der Waals surface area contributed by atoms with Gasteiger partial charge in [-0.25, -0.2) is 9.97 Å². The van der Waals surface area contributed by atoms with Crippen molar-refractivity contribution in [1.82, 2.24) is 14.5 Å². The van der Waals surface area contributed by atoms with Crippen LogP contribution in [0.5, 0.6) is 0 Å². The molecule has 4 heterocycles. The third-order valence-electron chi connectivity index (χ3n) is 4.81. The van der Waals surface area contributed by atoms with Crippen LogP contribution in [0.3, 0.4) is 0 Å². The maximum absolute atomic E-state index is 13.1. The molecule has 0 atom stereocenters. The van der Waals surface area contributed by atoms with E-state index in [-0.39, 0.29) is 5.56 Å². The Morgan fingerprint density at radius 2 is 2.15 bits per heavy atom. The van der Waals surface area contributed by atoms with Gasteiger partial charge in [0.05, 0.1) is 30.2 Å². The zero-order valence-corrected chi connectivity index (χ0v) is 15.7. The molecule has 4 aromatic heterocycles. The number of hydrogen-bond acceptors (Lipinski definition) is 6. The van der Waals surface area contributed by atoms with E-state index in [0.29, 0.717) is 6.54 Å². The predicted octanol–water partition coefficient (Wildman–Crippen LogP) is 4.49. The van der Waals surface area contributed by atoms with E-state index in [4.69, 9.17) is 4.42 Å². The fraction of sp³-hybridized carbons (Fsp3) is 0.316. The average Bonchev–Trinajstić information content (AvgIpc) is 3.35. The van der Waals surface area contributed by atoms with Crippen LogP contribution in [0.4, 0.5) is 0 Å². The molecule has 7 heteroatoms. The van der Waals surface area contributed by atoms with Crippen LogP contribution in [-0.4, -0.2) is 14.5 Å². The minimum absolute atomic E-state index is 0.0574. The van der Waals surface area contributed by atoms with Crippen LogP contribution in [-0.2, 0) is 19.4 Å². The van der Waals surface area contributed by atoms with E-state index in [2.05, 4.69) is 9.97 Å². The number of aromatic nitrogens is 3. The molecule has 1 aliphatic carbocycles. The molecular formula is C19H17N3O2S2. The first kappa shape index (κ1) is 16.0. The Kier molecular flexibility index (Phi) is 3.98. The number of thiophene rings is 1. The van der Waals surface area contributed by atoms with Crippen molar-refractivity contribution in [1.29, 1.82) is 0 Å². The number of thiazole rings is 1. The zero-order chi connectivity index (χ0) is 17.5. The molecule has 0 aromatic carbocycles. The summed E-state index contributed by atoms with van der Waals surface area (Å²) in [5.74, 6) is 0.755. The van der Waals surface area contributed by atoms with E-state index < -0.39 is 0 Å². The van der Waals surface area contributed by atoms with Crippen LogP contribution in [0.15, 0.2) is 39.3 Å². The van der Waals surface area contributed by atoms with Gasteiger partial charge in [0, 0.05) is 10.3 Å². The Bertz CT molecular complexity index is 1120. The van der Waals surface area contributed by atoms with Gasteiger partial charge in [0.25, 0.3) is 5.56 Å². The van der Waals surface area contributed by atoms with Crippen LogP contribution in [0, 0.1) is 0 Å². The van der Waals surface area contributed by atoms with Crippen molar-refractivity contribution < 1.29 is 4.42 Å². The van der Waals surface area contributed by atoms with Gasteiger partial charge in [0.1, 0.15) is 4.83 Å². The Balaban J connectivity index is 1.52. The van der Waals surface area contributed by atoms with E-state index in [1.54, 1.807) is 28.5 Å². The number of hydrogen-bond donors (Lipinski definition) is 0. The van der Waals surface area contributed by atoms with Crippen molar-refractivity contribution in [2.24, 2.45) is 0 Å². The first-order valence-corrected chi connectivity index (χ1v) is 10.5. The lowest BCUT2D eigenvalue weighted by Gasteiger charge is -2.04. The van der Waals surface area contributed by atoms with Crippen LogP contribution >= 0.6 is 22.7 Å². The average molecular weight is 383 g/mol. The highest BCUT2D eigenvalue weighted by molar-refractivity contribution is 7.18. The lowest BCUT2D eigenvalue weighted by atomic mass is 10.1. The topological polar surface area (TPSA) is 60.9 Å². The Labute approximate surface area is 158 Å². The summed E-state index contributed by atoms with van der Waals surface area (Å²) in [6.45, 7) is 0.434. The van der Waals surface area contributed by atoms with Gasteiger partial charge in [-0.05, 0) is 43.4 Å². The SMILES string of the molecule is O=c1c2c3c(sc2ncn1Cc1csc(-c2ccco2)n1)CCCCC3. The third kappa shape index (κ3) is 2.71. The Hall–Kier alpha value is -2.25. The lowest BCUT2D eigenvalue weighted by molar-refractivity contribution is 0.581. The van der Waals surface area contributed by atoms with Crippen molar-refractivity contribution in [3.8, 4) is 10.8 Å². The van der Waals surface area contributed by atoms with Gasteiger partial charge in [-0.15, -0.1) is 22.7 Å². The van der Waals surface area contributed by atoms with Gasteiger partial charge in [-0.1, -0.05) is 6.42 Å². The number of fused-ring (bicyclic) bond motifs is 3. The van der Waals surface area contributed by atoms with E-state index in [0.717, 1.165) is 45.9 Å². The Morgan fingerprint density at radius 3 is 3.04 bits per heavy atom. The summed E-state index contributed by atoms with van der Waals surface area (Å²) in [7, 11) is 0. The summed E-state index contributed by atoms with van der Waals surface area (Å²) >= 11 is 3.22. The van der Waals surface area contributed by atoms with E-state index in [1.165, 1.54) is 34.6 Å². The molecule has 132 valence electrons. The van der Waals surface area contributed by atoms with E-state index in [9.17, 15) is 4.79 Å². The molecule has 0 N–H and O–H groups in total. The first-order chi connectivity index (χ1) is 12.8. The minimum Gasteiger partial charge on any atom is -0.462 e. The highest BCUT2D eigenvalue weighted by Gasteiger charge is 2.19. The molecule has 0 unspecified atom stereocenters. The van der Waals surface area contributed by atoms with Gasteiger partial charge in [0.15, 0.2) is 10.8 Å². The summed E-state index contributed by atoms with van der Waals surface area (Å²) in [6.07, 6.45) is 8.98. The second kappa shape index (κ2) is 6.48. The quantitative estimate of drug-likeness (QED) is 0.489. The predicted molar refractivity (Wildman–Crippen MR) is 104 cm³/mol. The molecule has 0 saturated heterocycles. The van der Waals surface area contributed by atoms with Gasteiger partial charge in [-0.2, -0.15) is 0 Å². The number of furan rings is 1. The second-order valence-corrected chi connectivity index (χ2v) is 8.49. The largest absolute Gasteiger partial charge is 0.462 e. The molecule has 0 amide bonds. The van der Waals surface area contributed by atoms with Gasteiger partial charge < -0.3 is 4.42 Å². The third-order valence-corrected chi connectivity index (χ3v) is 6.91. The highest BCUT2D eigenvalue weighted by Crippen LogP contribution is 2.32. The van der Waals surface area contributed by atoms with Crippen LogP contribution in [0.1, 0.15) is 35.4 Å². The summed E-state index contributed by atoms with van der Waals surface area (Å²) < 4.78 is 7.08. The molecule has 5 nitrogen and oxygen atoms in total. The van der Waals surface area contributed by atoms with E-state index in [1.807, 2.05) is 17.5 Å². The molecule has 26 heavy (non-hydrogen) atoms. The molecule has 4 aromatic rings. The fourth-order valence-corrected chi connectivity index (χ4v) is 5.53. The molecule has 0 bridgehead atoms. The fourth-order valence-electron chi connectivity index (χ4n) is 3.54. The number of nitrogens with zero attached hydrogens (tertiary/aromatic N) is 3. The number of aryl methyl sites for hydroxylation is 2. The van der Waals surface area contributed by atoms with Crippen LogP contribution in [0.25, 0.3) is 21.0 Å². The Morgan fingerprint density at radius 1 is 1.23 bits per heavy atom. The van der Waals surface area contributed by atoms with Gasteiger partial charge >= 0.3 is 0 Å². The molecule has 0 aliphatic heterocycles. The normalized spacial score (nSPS) is 14.5. The van der Waals surface area contributed by atoms with Gasteiger partial charge in [-0.3, -0.25) is 9.36 Å². The minimum atomic E-state index is 0.0574. The molecule has 0 fully saturated rings. The molecular weight excluding hydrogens is 366 g/mol. The first-order valence-electron chi connectivity index (χ1n) is 8.77. The summed E-state index contributed by atoms with van der Waals surface area (Å²) in [4.78, 5) is 24.5. The van der Waals surface area contributed by atoms with E-state index >= 15 is 0 Å². The zero-order valence-electron chi connectivity index (χ0n) is 14.1. The van der Waals surface area contributed by atoms with Crippen molar-refractivity contribution in [2.45, 2.75) is 38.6 Å². The maximum atomic E-state index is 13.1. The van der Waals surface area contributed by atoms with Crippen molar-refractivity contribution in [3.05, 3.63) is 56.6 Å². The smallest absolute Gasteiger partial charge is 0.262 e. The summed E-state index contributed by atoms with van der Waals surface area (Å²) in [5.41, 5.74) is 2.15.